The van der Waals surface area contributed by atoms with Gasteiger partial charge in [0, 0.05) is 25.9 Å². The van der Waals surface area contributed by atoms with Crippen molar-refractivity contribution in [3.8, 4) is 0 Å². The molecule has 6 heteroatoms. The highest BCUT2D eigenvalue weighted by atomic mass is 32.2. The maximum atomic E-state index is 10.9. The molecule has 0 bridgehead atoms. The van der Waals surface area contributed by atoms with Gasteiger partial charge >= 0.3 is 0 Å². The van der Waals surface area contributed by atoms with Crippen molar-refractivity contribution in [3.05, 3.63) is 0 Å². The molecule has 5 nitrogen and oxygen atoms in total. The molecule has 0 atom stereocenters. The number of nitrogens with zero attached hydrogens (tertiary/aromatic N) is 2. The van der Waals surface area contributed by atoms with Crippen LogP contribution in [0.15, 0.2) is 0 Å². The van der Waals surface area contributed by atoms with E-state index in [9.17, 15) is 8.42 Å². The van der Waals surface area contributed by atoms with Gasteiger partial charge < -0.3 is 15.1 Å². The first kappa shape index (κ1) is 17.8. The average Bonchev–Trinajstić information content (AvgIpc) is 2.24. The summed E-state index contributed by atoms with van der Waals surface area (Å²) >= 11 is 0. The van der Waals surface area contributed by atoms with Crippen LogP contribution in [-0.4, -0.2) is 83.6 Å². The topological polar surface area (TPSA) is 52.6 Å². The number of nitrogens with one attached hydrogen (secondary N) is 1. The van der Waals surface area contributed by atoms with Gasteiger partial charge in [0.25, 0.3) is 0 Å². The highest BCUT2D eigenvalue weighted by molar-refractivity contribution is 7.90. The zero-order valence-corrected chi connectivity index (χ0v) is 13.1. The largest absolute Gasteiger partial charge is 0.314 e. The molecule has 0 saturated heterocycles. The second-order valence-corrected chi connectivity index (χ2v) is 7.23. The van der Waals surface area contributed by atoms with Crippen molar-refractivity contribution in [1.82, 2.24) is 15.1 Å². The number of hydrogen-bond acceptors (Lipinski definition) is 5. The average molecular weight is 279 g/mol. The summed E-state index contributed by atoms with van der Waals surface area (Å²) in [6.45, 7) is 7.79. The monoisotopic (exact) mass is 279 g/mol. The molecular formula is C12H29N3O2S. The van der Waals surface area contributed by atoms with Gasteiger partial charge in [-0.2, -0.15) is 0 Å². The van der Waals surface area contributed by atoms with Gasteiger partial charge in [0.1, 0.15) is 9.84 Å². The molecule has 0 aromatic rings. The van der Waals surface area contributed by atoms with E-state index in [0.29, 0.717) is 6.54 Å². The van der Waals surface area contributed by atoms with E-state index in [0.717, 1.165) is 32.7 Å². The lowest BCUT2D eigenvalue weighted by Gasteiger charge is -2.21. The highest BCUT2D eigenvalue weighted by Gasteiger charge is 2.03. The third kappa shape index (κ3) is 12.3. The van der Waals surface area contributed by atoms with Gasteiger partial charge in [-0.3, -0.25) is 0 Å². The number of likely N-dealkylation sites (N-methyl/N-ethyl adjacent to an activating group) is 1. The third-order valence-electron chi connectivity index (χ3n) is 2.78. The Morgan fingerprint density at radius 1 is 1.06 bits per heavy atom. The van der Waals surface area contributed by atoms with Gasteiger partial charge in [0.05, 0.1) is 5.75 Å². The van der Waals surface area contributed by atoms with Gasteiger partial charge in [-0.1, -0.05) is 6.92 Å². The summed E-state index contributed by atoms with van der Waals surface area (Å²) in [5, 5.41) is 3.17. The van der Waals surface area contributed by atoms with Crippen molar-refractivity contribution >= 4 is 9.84 Å². The van der Waals surface area contributed by atoms with E-state index >= 15 is 0 Å². The van der Waals surface area contributed by atoms with Crippen molar-refractivity contribution in [2.75, 3.05) is 65.4 Å². The van der Waals surface area contributed by atoms with Crippen LogP contribution in [-0.2, 0) is 9.84 Å². The summed E-state index contributed by atoms with van der Waals surface area (Å²) in [6, 6.07) is 0. The Bertz CT molecular complexity index is 292. The van der Waals surface area contributed by atoms with Gasteiger partial charge in [-0.25, -0.2) is 8.42 Å². The van der Waals surface area contributed by atoms with Gasteiger partial charge in [0.15, 0.2) is 0 Å². The van der Waals surface area contributed by atoms with Crippen LogP contribution in [0.4, 0.5) is 0 Å². The summed E-state index contributed by atoms with van der Waals surface area (Å²) in [7, 11) is 1.34. The Morgan fingerprint density at radius 3 is 2.22 bits per heavy atom. The molecule has 110 valence electrons. The lowest BCUT2D eigenvalue weighted by atomic mass is 10.3. The van der Waals surface area contributed by atoms with Gasteiger partial charge in [0.2, 0.25) is 0 Å². The summed E-state index contributed by atoms with van der Waals surface area (Å²) < 4.78 is 21.9. The number of rotatable bonds is 11. The molecule has 0 spiro atoms. The molecule has 0 amide bonds. The molecule has 1 N–H and O–H groups in total. The molecule has 0 saturated carbocycles. The Hall–Kier alpha value is -0.170. The summed E-state index contributed by atoms with van der Waals surface area (Å²) in [5.41, 5.74) is 0. The molecule has 0 fully saturated rings. The van der Waals surface area contributed by atoms with Crippen LogP contribution in [0.3, 0.4) is 0 Å². The van der Waals surface area contributed by atoms with Crippen molar-refractivity contribution in [2.45, 2.75) is 13.3 Å². The fraction of sp³-hybridized carbons (Fsp3) is 1.00. The fourth-order valence-corrected chi connectivity index (χ4v) is 2.17. The molecule has 0 heterocycles. The Kier molecular flexibility index (Phi) is 9.63. The lowest BCUT2D eigenvalue weighted by molar-refractivity contribution is 0.266. The second-order valence-electron chi connectivity index (χ2n) is 4.97. The molecule has 0 aliphatic heterocycles. The molecule has 18 heavy (non-hydrogen) atoms. The molecule has 0 aromatic carbocycles. The van der Waals surface area contributed by atoms with E-state index in [1.165, 1.54) is 12.7 Å². The minimum Gasteiger partial charge on any atom is -0.314 e. The summed E-state index contributed by atoms with van der Waals surface area (Å²) in [6.07, 6.45) is 2.44. The van der Waals surface area contributed by atoms with Crippen LogP contribution in [0.5, 0.6) is 0 Å². The second kappa shape index (κ2) is 9.72. The van der Waals surface area contributed by atoms with Crippen LogP contribution >= 0.6 is 0 Å². The molecule has 0 aliphatic carbocycles. The van der Waals surface area contributed by atoms with Gasteiger partial charge in [-0.15, -0.1) is 0 Å². The van der Waals surface area contributed by atoms with Crippen molar-refractivity contribution in [2.24, 2.45) is 0 Å². The maximum Gasteiger partial charge on any atom is 0.148 e. The first-order valence-electron chi connectivity index (χ1n) is 6.60. The zero-order chi connectivity index (χ0) is 14.0. The van der Waals surface area contributed by atoms with E-state index in [1.54, 1.807) is 0 Å². The number of hydrogen-bond donors (Lipinski definition) is 1. The minimum absolute atomic E-state index is 0.222. The predicted octanol–water partition coefficient (Wildman–Crippen LogP) is -0.106. The first-order chi connectivity index (χ1) is 8.35. The fourth-order valence-electron chi connectivity index (χ4n) is 1.66. The standard InChI is InChI=1S/C12H29N3O2S/c1-5-15(10-6-9-14(2)3)11-7-13-8-12-18(4,16)17/h13H,5-12H2,1-4H3. The Balaban J connectivity index is 3.55. The molecular weight excluding hydrogens is 250 g/mol. The van der Waals surface area contributed by atoms with Crippen LogP contribution in [0.25, 0.3) is 0 Å². The van der Waals surface area contributed by atoms with Crippen LogP contribution in [0.1, 0.15) is 13.3 Å². The quantitative estimate of drug-likeness (QED) is 0.535. The van der Waals surface area contributed by atoms with Crippen LogP contribution < -0.4 is 5.32 Å². The number of sulfone groups is 1. The van der Waals surface area contributed by atoms with E-state index < -0.39 is 9.84 Å². The molecule has 0 rings (SSSR count). The Morgan fingerprint density at radius 2 is 1.72 bits per heavy atom. The van der Waals surface area contributed by atoms with Crippen molar-refractivity contribution in [3.63, 3.8) is 0 Å². The zero-order valence-electron chi connectivity index (χ0n) is 12.3. The minimum atomic E-state index is -2.84. The van der Waals surface area contributed by atoms with E-state index in [2.05, 4.69) is 36.1 Å². The summed E-state index contributed by atoms with van der Waals surface area (Å²) in [5.74, 6) is 0.222. The van der Waals surface area contributed by atoms with E-state index in [4.69, 9.17) is 0 Å². The molecule has 0 radical (unpaired) electrons. The highest BCUT2D eigenvalue weighted by Crippen LogP contribution is 1.92. The Labute approximate surface area is 112 Å². The van der Waals surface area contributed by atoms with Crippen molar-refractivity contribution < 1.29 is 8.42 Å². The van der Waals surface area contributed by atoms with Crippen LogP contribution in [0, 0.1) is 0 Å². The molecule has 0 unspecified atom stereocenters. The molecule has 0 aromatic heterocycles. The van der Waals surface area contributed by atoms with Crippen LogP contribution in [0.2, 0.25) is 0 Å². The van der Waals surface area contributed by atoms with Crippen molar-refractivity contribution in [1.29, 1.82) is 0 Å². The predicted molar refractivity (Wildman–Crippen MR) is 77.9 cm³/mol. The SMILES string of the molecule is CCN(CCCN(C)C)CCNCCS(C)(=O)=O. The smallest absolute Gasteiger partial charge is 0.148 e. The molecule has 0 aliphatic rings. The van der Waals surface area contributed by atoms with Gasteiger partial charge in [-0.05, 0) is 40.2 Å². The maximum absolute atomic E-state index is 10.9. The normalized spacial score (nSPS) is 12.6. The lowest BCUT2D eigenvalue weighted by Crippen LogP contribution is -2.35. The third-order valence-corrected chi connectivity index (χ3v) is 3.73. The first-order valence-corrected chi connectivity index (χ1v) is 8.66. The van der Waals surface area contributed by atoms with E-state index in [-0.39, 0.29) is 5.75 Å². The summed E-state index contributed by atoms with van der Waals surface area (Å²) in [4.78, 5) is 4.58. The van der Waals surface area contributed by atoms with E-state index in [1.807, 2.05) is 0 Å².